The van der Waals surface area contributed by atoms with E-state index in [4.69, 9.17) is 0 Å². The van der Waals surface area contributed by atoms with Crippen LogP contribution in [0.5, 0.6) is 0 Å². The van der Waals surface area contributed by atoms with Crippen molar-refractivity contribution in [1.82, 2.24) is 24.2 Å². The smallest absolute Gasteiger partial charge is 0.281 e. The molecule has 0 aliphatic carbocycles. The highest BCUT2D eigenvalue weighted by molar-refractivity contribution is 5.77. The van der Waals surface area contributed by atoms with Crippen molar-refractivity contribution in [3.05, 3.63) is 58.8 Å². The normalized spacial score (nSPS) is 17.2. The zero-order valence-electron chi connectivity index (χ0n) is 17.4. The van der Waals surface area contributed by atoms with E-state index in [9.17, 15) is 14.7 Å². The minimum atomic E-state index is -1.05. The number of piperidine rings is 1. The topological polar surface area (TPSA) is 93.2 Å². The van der Waals surface area contributed by atoms with Crippen LogP contribution < -0.4 is 5.56 Å². The molecule has 1 aliphatic rings. The molecule has 1 saturated heterocycles. The van der Waals surface area contributed by atoms with E-state index in [0.29, 0.717) is 43.4 Å². The van der Waals surface area contributed by atoms with Gasteiger partial charge in [-0.2, -0.15) is 5.10 Å². The molecule has 0 bridgehead atoms. The van der Waals surface area contributed by atoms with E-state index in [1.54, 1.807) is 17.9 Å². The van der Waals surface area contributed by atoms with Crippen molar-refractivity contribution in [3.8, 4) is 0 Å². The molecule has 3 heterocycles. The Morgan fingerprint density at radius 1 is 1.23 bits per heavy atom. The van der Waals surface area contributed by atoms with Gasteiger partial charge in [-0.3, -0.25) is 18.8 Å². The molecule has 8 nitrogen and oxygen atoms in total. The molecule has 8 heteroatoms. The highest BCUT2D eigenvalue weighted by atomic mass is 16.3. The van der Waals surface area contributed by atoms with E-state index >= 15 is 0 Å². The fourth-order valence-electron chi connectivity index (χ4n) is 4.09. The number of likely N-dealkylation sites (tertiary alicyclic amines) is 1. The first-order valence-corrected chi connectivity index (χ1v) is 10.3. The summed E-state index contributed by atoms with van der Waals surface area (Å²) in [6.07, 6.45) is 4.44. The van der Waals surface area contributed by atoms with Crippen LogP contribution in [-0.2, 0) is 18.4 Å². The van der Waals surface area contributed by atoms with Gasteiger partial charge in [-0.05, 0) is 24.3 Å². The molecular weight excluding hydrogens is 382 g/mol. The standard InChI is InChI=1S/C22H27N5O3/c1-16(17-6-4-3-5-7-17)12-19(28)26-10-8-22(30,9-11-26)14-27-15-23-18-13-25(2)24-20(18)21(27)29/h3-7,13,15-16,30H,8-12,14H2,1-2H3. The molecule has 1 N–H and O–H groups in total. The second-order valence-corrected chi connectivity index (χ2v) is 8.34. The van der Waals surface area contributed by atoms with Gasteiger partial charge in [0, 0.05) is 26.6 Å². The Morgan fingerprint density at radius 3 is 2.63 bits per heavy atom. The van der Waals surface area contributed by atoms with E-state index in [0.717, 1.165) is 5.56 Å². The number of aliphatic hydroxyl groups is 1. The first-order chi connectivity index (χ1) is 14.3. The Kier molecular flexibility index (Phi) is 5.42. The molecule has 4 rings (SSSR count). The molecule has 0 radical (unpaired) electrons. The van der Waals surface area contributed by atoms with Gasteiger partial charge in [-0.1, -0.05) is 37.3 Å². The van der Waals surface area contributed by atoms with Crippen LogP contribution in [0.2, 0.25) is 0 Å². The highest BCUT2D eigenvalue weighted by Crippen LogP contribution is 2.26. The van der Waals surface area contributed by atoms with Crippen LogP contribution in [0.3, 0.4) is 0 Å². The fourth-order valence-corrected chi connectivity index (χ4v) is 4.09. The van der Waals surface area contributed by atoms with E-state index in [-0.39, 0.29) is 23.9 Å². The monoisotopic (exact) mass is 409 g/mol. The lowest BCUT2D eigenvalue weighted by Gasteiger charge is -2.38. The summed E-state index contributed by atoms with van der Waals surface area (Å²) in [6, 6.07) is 10.0. The molecule has 3 aromatic rings. The SMILES string of the molecule is CC(CC(=O)N1CCC(O)(Cn2cnc3cn(C)nc3c2=O)CC1)c1ccccc1. The summed E-state index contributed by atoms with van der Waals surface area (Å²) in [6.45, 7) is 3.16. The molecule has 1 unspecified atom stereocenters. The number of hydrogen-bond acceptors (Lipinski definition) is 5. The van der Waals surface area contributed by atoms with Gasteiger partial charge in [-0.25, -0.2) is 4.98 Å². The molecule has 1 aromatic carbocycles. The van der Waals surface area contributed by atoms with E-state index in [1.807, 2.05) is 35.2 Å². The van der Waals surface area contributed by atoms with Gasteiger partial charge in [0.05, 0.1) is 24.7 Å². The third-order valence-electron chi connectivity index (χ3n) is 5.97. The van der Waals surface area contributed by atoms with Crippen LogP contribution in [-0.4, -0.2) is 53.9 Å². The van der Waals surface area contributed by atoms with Crippen LogP contribution in [0.25, 0.3) is 11.0 Å². The van der Waals surface area contributed by atoms with Crippen molar-refractivity contribution in [3.63, 3.8) is 0 Å². The fraction of sp³-hybridized carbons (Fsp3) is 0.455. The van der Waals surface area contributed by atoms with Crippen LogP contribution in [0, 0.1) is 0 Å². The predicted octanol–water partition coefficient (Wildman–Crippen LogP) is 1.68. The Labute approximate surface area is 174 Å². The number of rotatable bonds is 5. The second-order valence-electron chi connectivity index (χ2n) is 8.34. The number of aromatic nitrogens is 4. The Morgan fingerprint density at radius 2 is 1.93 bits per heavy atom. The molecular formula is C22H27N5O3. The summed E-state index contributed by atoms with van der Waals surface area (Å²) in [5.41, 5.74) is 0.681. The largest absolute Gasteiger partial charge is 0.388 e. The summed E-state index contributed by atoms with van der Waals surface area (Å²) < 4.78 is 2.98. The third-order valence-corrected chi connectivity index (χ3v) is 5.97. The molecule has 2 aromatic heterocycles. The Bertz CT molecular complexity index is 1100. The maximum atomic E-state index is 12.7. The summed E-state index contributed by atoms with van der Waals surface area (Å²) in [5.74, 6) is 0.247. The molecule has 1 aliphatic heterocycles. The van der Waals surface area contributed by atoms with Gasteiger partial charge in [0.1, 0.15) is 5.52 Å². The van der Waals surface area contributed by atoms with Crippen molar-refractivity contribution in [1.29, 1.82) is 0 Å². The molecule has 1 fully saturated rings. The van der Waals surface area contributed by atoms with Crippen LogP contribution in [0.1, 0.15) is 37.7 Å². The molecule has 158 valence electrons. The summed E-state index contributed by atoms with van der Waals surface area (Å²) >= 11 is 0. The van der Waals surface area contributed by atoms with E-state index in [2.05, 4.69) is 17.0 Å². The van der Waals surface area contributed by atoms with E-state index < -0.39 is 5.60 Å². The maximum Gasteiger partial charge on any atom is 0.281 e. The molecule has 0 spiro atoms. The zero-order chi connectivity index (χ0) is 21.3. The lowest BCUT2D eigenvalue weighted by molar-refractivity contribution is -0.136. The number of amides is 1. The van der Waals surface area contributed by atoms with Crippen molar-refractivity contribution in [2.24, 2.45) is 7.05 Å². The van der Waals surface area contributed by atoms with Gasteiger partial charge in [0.15, 0.2) is 5.52 Å². The van der Waals surface area contributed by atoms with Gasteiger partial charge >= 0.3 is 0 Å². The summed E-state index contributed by atoms with van der Waals surface area (Å²) in [7, 11) is 1.74. The minimum Gasteiger partial charge on any atom is -0.388 e. The van der Waals surface area contributed by atoms with Gasteiger partial charge < -0.3 is 10.0 Å². The van der Waals surface area contributed by atoms with Crippen LogP contribution >= 0.6 is 0 Å². The number of hydrogen-bond donors (Lipinski definition) is 1. The lowest BCUT2D eigenvalue weighted by Crippen LogP contribution is -2.49. The quantitative estimate of drug-likeness (QED) is 0.692. The number of nitrogens with zero attached hydrogens (tertiary/aromatic N) is 5. The molecule has 1 atom stereocenters. The van der Waals surface area contributed by atoms with Crippen molar-refractivity contribution in [2.45, 2.75) is 44.2 Å². The number of carbonyl (C=O) groups is 1. The van der Waals surface area contributed by atoms with Gasteiger partial charge in [-0.15, -0.1) is 0 Å². The molecule has 1 amide bonds. The summed E-state index contributed by atoms with van der Waals surface area (Å²) in [5, 5.41) is 15.2. The van der Waals surface area contributed by atoms with E-state index in [1.165, 1.54) is 10.9 Å². The second kappa shape index (κ2) is 8.02. The molecule has 30 heavy (non-hydrogen) atoms. The zero-order valence-corrected chi connectivity index (χ0v) is 17.4. The lowest BCUT2D eigenvalue weighted by atomic mass is 9.90. The predicted molar refractivity (Wildman–Crippen MR) is 113 cm³/mol. The average molecular weight is 409 g/mol. The number of fused-ring (bicyclic) bond motifs is 1. The number of benzene rings is 1. The third kappa shape index (κ3) is 4.14. The van der Waals surface area contributed by atoms with Gasteiger partial charge in [0.25, 0.3) is 5.56 Å². The van der Waals surface area contributed by atoms with Crippen molar-refractivity contribution < 1.29 is 9.90 Å². The summed E-state index contributed by atoms with van der Waals surface area (Å²) in [4.78, 5) is 31.5. The van der Waals surface area contributed by atoms with Gasteiger partial charge in [0.2, 0.25) is 5.91 Å². The first-order valence-electron chi connectivity index (χ1n) is 10.3. The van der Waals surface area contributed by atoms with Crippen molar-refractivity contribution >= 4 is 16.9 Å². The van der Waals surface area contributed by atoms with Crippen LogP contribution in [0.4, 0.5) is 0 Å². The average Bonchev–Trinajstić information content (AvgIpc) is 3.12. The maximum absolute atomic E-state index is 12.7. The van der Waals surface area contributed by atoms with Crippen LogP contribution in [0.15, 0.2) is 47.7 Å². The Hall–Kier alpha value is -3.00. The Balaban J connectivity index is 1.38. The first kappa shape index (κ1) is 20.3. The van der Waals surface area contributed by atoms with Crippen molar-refractivity contribution in [2.75, 3.05) is 13.1 Å². The molecule has 0 saturated carbocycles. The highest BCUT2D eigenvalue weighted by Gasteiger charge is 2.35. The number of aryl methyl sites for hydroxylation is 1. The minimum absolute atomic E-state index is 0.0992. The number of carbonyl (C=O) groups excluding carboxylic acids is 1.